The minimum atomic E-state index is -0.0741. The third-order valence-corrected chi connectivity index (χ3v) is 3.01. The second-order valence-corrected chi connectivity index (χ2v) is 4.45. The van der Waals surface area contributed by atoms with Gasteiger partial charge in [0.1, 0.15) is 0 Å². The van der Waals surface area contributed by atoms with Crippen molar-refractivity contribution in [3.8, 4) is 11.3 Å². The molecule has 0 bridgehead atoms. The zero-order valence-electron chi connectivity index (χ0n) is 11.3. The van der Waals surface area contributed by atoms with Crippen LogP contribution in [0.25, 0.3) is 11.3 Å². The summed E-state index contributed by atoms with van der Waals surface area (Å²) in [7, 11) is 0. The number of hydrogen-bond acceptors (Lipinski definition) is 3. The molecule has 20 heavy (non-hydrogen) atoms. The molecule has 1 aromatic carbocycles. The number of rotatable bonds is 5. The van der Waals surface area contributed by atoms with Gasteiger partial charge in [-0.15, -0.1) is 0 Å². The number of nitrogens with zero attached hydrogens (tertiary/aromatic N) is 1. The Morgan fingerprint density at radius 1 is 1.25 bits per heavy atom. The van der Waals surface area contributed by atoms with Crippen LogP contribution in [0.3, 0.4) is 0 Å². The molecule has 4 nitrogen and oxygen atoms in total. The summed E-state index contributed by atoms with van der Waals surface area (Å²) in [5.41, 5.74) is 3.07. The van der Waals surface area contributed by atoms with Crippen LogP contribution >= 0.6 is 0 Å². The Labute approximate surface area is 117 Å². The first kappa shape index (κ1) is 13.9. The Morgan fingerprint density at radius 3 is 2.65 bits per heavy atom. The average molecular weight is 268 g/mol. The van der Waals surface area contributed by atoms with Crippen molar-refractivity contribution in [3.05, 3.63) is 53.7 Å². The predicted molar refractivity (Wildman–Crippen MR) is 77.4 cm³/mol. The highest BCUT2D eigenvalue weighted by Gasteiger charge is 2.10. The molecular weight excluding hydrogens is 252 g/mol. The van der Waals surface area contributed by atoms with E-state index in [1.165, 1.54) is 6.92 Å². The van der Waals surface area contributed by atoms with Gasteiger partial charge in [0.15, 0.2) is 6.29 Å². The van der Waals surface area contributed by atoms with E-state index in [1.807, 2.05) is 36.4 Å². The molecule has 0 saturated carbocycles. The predicted octanol–water partition coefficient (Wildman–Crippen LogP) is 2.24. The van der Waals surface area contributed by atoms with E-state index in [-0.39, 0.29) is 5.91 Å². The van der Waals surface area contributed by atoms with Crippen molar-refractivity contribution in [1.82, 2.24) is 10.3 Å². The van der Waals surface area contributed by atoms with E-state index in [0.717, 1.165) is 17.4 Å². The summed E-state index contributed by atoms with van der Waals surface area (Å²) in [4.78, 5) is 26.6. The van der Waals surface area contributed by atoms with Crippen LogP contribution in [0.5, 0.6) is 0 Å². The number of aromatic nitrogens is 1. The molecule has 102 valence electrons. The Bertz CT molecular complexity index is 609. The van der Waals surface area contributed by atoms with Crippen molar-refractivity contribution in [2.75, 3.05) is 6.54 Å². The van der Waals surface area contributed by atoms with Crippen LogP contribution in [0.2, 0.25) is 0 Å². The molecule has 1 amide bonds. The summed E-state index contributed by atoms with van der Waals surface area (Å²) in [5.74, 6) is -0.0741. The standard InChI is InChI=1S/C16H16N2O2/c1-12(20)17-9-7-13-8-10-18-16(15(13)11-19)14-5-3-2-4-6-14/h2-6,8,10-11H,7,9H2,1H3,(H,17,20). The van der Waals surface area contributed by atoms with E-state index < -0.39 is 0 Å². The number of amides is 1. The maximum absolute atomic E-state index is 11.4. The van der Waals surface area contributed by atoms with Gasteiger partial charge >= 0.3 is 0 Å². The Hall–Kier alpha value is -2.49. The minimum Gasteiger partial charge on any atom is -0.356 e. The third-order valence-electron chi connectivity index (χ3n) is 3.01. The number of carbonyl (C=O) groups excluding carboxylic acids is 2. The normalized spacial score (nSPS) is 10.1. The summed E-state index contributed by atoms with van der Waals surface area (Å²) >= 11 is 0. The summed E-state index contributed by atoms with van der Waals surface area (Å²) in [6.45, 7) is 1.98. The fraction of sp³-hybridized carbons (Fsp3) is 0.188. The summed E-state index contributed by atoms with van der Waals surface area (Å²) in [5, 5.41) is 2.73. The molecule has 0 aliphatic rings. The number of carbonyl (C=O) groups is 2. The minimum absolute atomic E-state index is 0.0741. The molecule has 2 aromatic rings. The van der Waals surface area contributed by atoms with Gasteiger partial charge in [-0.25, -0.2) is 0 Å². The van der Waals surface area contributed by atoms with E-state index in [0.29, 0.717) is 24.2 Å². The molecule has 4 heteroatoms. The maximum atomic E-state index is 11.4. The molecule has 2 rings (SSSR count). The number of hydrogen-bond donors (Lipinski definition) is 1. The van der Waals surface area contributed by atoms with Crippen molar-refractivity contribution >= 4 is 12.2 Å². The van der Waals surface area contributed by atoms with Gasteiger partial charge < -0.3 is 5.32 Å². The second-order valence-electron chi connectivity index (χ2n) is 4.45. The van der Waals surface area contributed by atoms with Crippen LogP contribution in [-0.4, -0.2) is 23.7 Å². The molecule has 0 aliphatic carbocycles. The van der Waals surface area contributed by atoms with Gasteiger partial charge in [0, 0.05) is 30.8 Å². The van der Waals surface area contributed by atoms with Gasteiger partial charge in [-0.3, -0.25) is 14.6 Å². The van der Waals surface area contributed by atoms with E-state index in [1.54, 1.807) is 6.20 Å². The summed E-state index contributed by atoms with van der Waals surface area (Å²) in [6, 6.07) is 11.4. The lowest BCUT2D eigenvalue weighted by Gasteiger charge is -2.10. The topological polar surface area (TPSA) is 59.1 Å². The molecule has 0 unspecified atom stereocenters. The molecule has 0 saturated heterocycles. The fourth-order valence-electron chi connectivity index (χ4n) is 2.06. The molecule has 1 aromatic heterocycles. The zero-order chi connectivity index (χ0) is 14.4. The smallest absolute Gasteiger partial charge is 0.216 e. The van der Waals surface area contributed by atoms with Crippen molar-refractivity contribution in [2.45, 2.75) is 13.3 Å². The van der Waals surface area contributed by atoms with Gasteiger partial charge in [-0.05, 0) is 18.1 Å². The second kappa shape index (κ2) is 6.61. The number of aldehydes is 1. The number of benzene rings is 1. The average Bonchev–Trinajstić information content (AvgIpc) is 2.47. The quantitative estimate of drug-likeness (QED) is 0.846. The Morgan fingerprint density at radius 2 is 2.00 bits per heavy atom. The summed E-state index contributed by atoms with van der Waals surface area (Å²) in [6.07, 6.45) is 3.13. The molecule has 0 spiro atoms. The van der Waals surface area contributed by atoms with Crippen LogP contribution in [0.1, 0.15) is 22.8 Å². The van der Waals surface area contributed by atoms with Gasteiger partial charge in [-0.2, -0.15) is 0 Å². The Kier molecular flexibility index (Phi) is 4.60. The van der Waals surface area contributed by atoms with Gasteiger partial charge in [0.25, 0.3) is 0 Å². The van der Waals surface area contributed by atoms with Crippen molar-refractivity contribution in [1.29, 1.82) is 0 Å². The lowest BCUT2D eigenvalue weighted by molar-refractivity contribution is -0.118. The Balaban J connectivity index is 2.30. The van der Waals surface area contributed by atoms with Crippen LogP contribution in [0.4, 0.5) is 0 Å². The van der Waals surface area contributed by atoms with Crippen LogP contribution in [-0.2, 0) is 11.2 Å². The summed E-state index contributed by atoms with van der Waals surface area (Å²) < 4.78 is 0. The van der Waals surface area contributed by atoms with Gasteiger partial charge in [0.05, 0.1) is 5.69 Å². The first-order valence-corrected chi connectivity index (χ1v) is 6.45. The zero-order valence-corrected chi connectivity index (χ0v) is 11.3. The van der Waals surface area contributed by atoms with Crippen molar-refractivity contribution < 1.29 is 9.59 Å². The number of nitrogens with one attached hydrogen (secondary N) is 1. The SMILES string of the molecule is CC(=O)NCCc1ccnc(-c2ccccc2)c1C=O. The molecule has 1 heterocycles. The van der Waals surface area contributed by atoms with Crippen LogP contribution in [0.15, 0.2) is 42.6 Å². The van der Waals surface area contributed by atoms with Crippen LogP contribution < -0.4 is 5.32 Å². The van der Waals surface area contributed by atoms with E-state index >= 15 is 0 Å². The highest BCUT2D eigenvalue weighted by molar-refractivity contribution is 5.87. The molecule has 1 N–H and O–H groups in total. The largest absolute Gasteiger partial charge is 0.356 e. The molecule has 0 atom stereocenters. The monoisotopic (exact) mass is 268 g/mol. The van der Waals surface area contributed by atoms with E-state index in [9.17, 15) is 9.59 Å². The highest BCUT2D eigenvalue weighted by Crippen LogP contribution is 2.22. The molecular formula is C16H16N2O2. The molecule has 0 fully saturated rings. The fourth-order valence-corrected chi connectivity index (χ4v) is 2.06. The maximum Gasteiger partial charge on any atom is 0.216 e. The highest BCUT2D eigenvalue weighted by atomic mass is 16.1. The van der Waals surface area contributed by atoms with Crippen LogP contribution in [0, 0.1) is 0 Å². The van der Waals surface area contributed by atoms with Crippen molar-refractivity contribution in [3.63, 3.8) is 0 Å². The lowest BCUT2D eigenvalue weighted by atomic mass is 10.00. The van der Waals surface area contributed by atoms with Gasteiger partial charge in [0.2, 0.25) is 5.91 Å². The van der Waals surface area contributed by atoms with Gasteiger partial charge in [-0.1, -0.05) is 30.3 Å². The van der Waals surface area contributed by atoms with Crippen molar-refractivity contribution in [2.24, 2.45) is 0 Å². The first-order chi connectivity index (χ1) is 9.72. The number of pyridine rings is 1. The van der Waals surface area contributed by atoms with E-state index in [4.69, 9.17) is 0 Å². The lowest BCUT2D eigenvalue weighted by Crippen LogP contribution is -2.22. The molecule has 0 aliphatic heterocycles. The van der Waals surface area contributed by atoms with E-state index in [2.05, 4.69) is 10.3 Å². The first-order valence-electron chi connectivity index (χ1n) is 6.45. The molecule has 0 radical (unpaired) electrons. The third kappa shape index (κ3) is 3.29.